The van der Waals surface area contributed by atoms with E-state index in [0.29, 0.717) is 48.9 Å². The Labute approximate surface area is 201 Å². The highest BCUT2D eigenvalue weighted by Gasteiger charge is 2.26. The first kappa shape index (κ1) is 23.5. The third-order valence-corrected chi connectivity index (χ3v) is 6.50. The first-order valence-electron chi connectivity index (χ1n) is 11.0. The van der Waals surface area contributed by atoms with Crippen LogP contribution in [0, 0.1) is 16.0 Å². The molecule has 2 amide bonds. The molecule has 176 valence electrons. The largest absolute Gasteiger partial charge is 0.352 e. The van der Waals surface area contributed by atoms with Gasteiger partial charge in [0.05, 0.1) is 17.2 Å². The van der Waals surface area contributed by atoms with Gasteiger partial charge in [0.2, 0.25) is 11.8 Å². The minimum Gasteiger partial charge on any atom is -0.352 e. The number of benzene rings is 2. The molecule has 0 aliphatic carbocycles. The Hall–Kier alpha value is -3.63. The van der Waals surface area contributed by atoms with Crippen molar-refractivity contribution in [3.05, 3.63) is 75.7 Å². The summed E-state index contributed by atoms with van der Waals surface area (Å²) in [6, 6.07) is 16.0. The van der Waals surface area contributed by atoms with Crippen molar-refractivity contribution < 1.29 is 14.5 Å². The second-order valence-corrected chi connectivity index (χ2v) is 9.01. The van der Waals surface area contributed by atoms with Gasteiger partial charge in [0, 0.05) is 35.5 Å². The van der Waals surface area contributed by atoms with Gasteiger partial charge in [0.15, 0.2) is 5.13 Å². The van der Waals surface area contributed by atoms with Crippen LogP contribution < -0.4 is 10.6 Å². The highest BCUT2D eigenvalue weighted by atomic mass is 32.1. The smallest absolute Gasteiger partial charge is 0.270 e. The number of carbonyl (C=O) groups is 2. The molecule has 2 heterocycles. The van der Waals surface area contributed by atoms with Crippen molar-refractivity contribution in [2.75, 3.05) is 25.0 Å². The lowest BCUT2D eigenvalue weighted by Crippen LogP contribution is -2.43. The van der Waals surface area contributed by atoms with E-state index >= 15 is 0 Å². The second kappa shape index (κ2) is 11.0. The zero-order chi connectivity index (χ0) is 23.9. The van der Waals surface area contributed by atoms with Crippen LogP contribution in [0.4, 0.5) is 10.8 Å². The summed E-state index contributed by atoms with van der Waals surface area (Å²) in [7, 11) is 0. The van der Waals surface area contributed by atoms with E-state index in [1.54, 1.807) is 17.5 Å². The molecule has 2 N–H and O–H groups in total. The number of nitrogens with zero attached hydrogens (tertiary/aromatic N) is 3. The number of aromatic nitrogens is 1. The molecule has 1 aliphatic heterocycles. The number of likely N-dealkylation sites (tertiary alicyclic amines) is 1. The van der Waals surface area contributed by atoms with E-state index in [-0.39, 0.29) is 30.0 Å². The number of anilines is 1. The number of thiazole rings is 1. The molecule has 34 heavy (non-hydrogen) atoms. The average molecular weight is 480 g/mol. The van der Waals surface area contributed by atoms with Crippen LogP contribution in [0.5, 0.6) is 0 Å². The molecule has 2 aromatic carbocycles. The van der Waals surface area contributed by atoms with Crippen LogP contribution in [-0.4, -0.2) is 46.3 Å². The molecule has 4 rings (SSSR count). The fourth-order valence-electron chi connectivity index (χ4n) is 3.89. The third-order valence-electron chi connectivity index (χ3n) is 5.74. The predicted molar refractivity (Wildman–Crippen MR) is 130 cm³/mol. The highest BCUT2D eigenvalue weighted by Crippen LogP contribution is 2.27. The van der Waals surface area contributed by atoms with Gasteiger partial charge in [-0.05, 0) is 31.5 Å². The normalized spacial score (nSPS) is 14.5. The van der Waals surface area contributed by atoms with Crippen molar-refractivity contribution in [1.82, 2.24) is 15.2 Å². The quantitative estimate of drug-likeness (QED) is 0.376. The van der Waals surface area contributed by atoms with Crippen LogP contribution in [-0.2, 0) is 16.1 Å². The highest BCUT2D eigenvalue weighted by molar-refractivity contribution is 7.14. The lowest BCUT2D eigenvalue weighted by molar-refractivity contribution is -0.384. The van der Waals surface area contributed by atoms with Crippen molar-refractivity contribution in [2.24, 2.45) is 5.92 Å². The summed E-state index contributed by atoms with van der Waals surface area (Å²) in [6.45, 7) is 2.10. The maximum Gasteiger partial charge on any atom is 0.270 e. The van der Waals surface area contributed by atoms with Crippen LogP contribution in [0.15, 0.2) is 60.0 Å². The van der Waals surface area contributed by atoms with E-state index in [0.717, 1.165) is 5.56 Å². The molecule has 0 unspecified atom stereocenters. The van der Waals surface area contributed by atoms with Crippen LogP contribution >= 0.6 is 11.3 Å². The number of carbonyl (C=O) groups excluding carboxylic acids is 2. The number of nitro benzene ring substituents is 1. The van der Waals surface area contributed by atoms with Gasteiger partial charge in [-0.3, -0.25) is 24.6 Å². The van der Waals surface area contributed by atoms with E-state index in [1.165, 1.54) is 23.5 Å². The average Bonchev–Trinajstić information content (AvgIpc) is 3.32. The summed E-state index contributed by atoms with van der Waals surface area (Å²) >= 11 is 1.27. The van der Waals surface area contributed by atoms with E-state index in [2.05, 4.69) is 15.6 Å². The van der Waals surface area contributed by atoms with Gasteiger partial charge in [0.25, 0.3) is 5.69 Å². The maximum absolute atomic E-state index is 12.5. The summed E-state index contributed by atoms with van der Waals surface area (Å²) in [5.41, 5.74) is 2.26. The Bertz CT molecular complexity index is 1160. The number of nitro groups is 1. The first-order valence-corrected chi connectivity index (χ1v) is 11.9. The van der Waals surface area contributed by atoms with Gasteiger partial charge >= 0.3 is 0 Å². The molecular formula is C24H25N5O4S. The Kier molecular flexibility index (Phi) is 7.61. The van der Waals surface area contributed by atoms with Crippen molar-refractivity contribution in [3.8, 4) is 11.3 Å². The topological polar surface area (TPSA) is 117 Å². The van der Waals surface area contributed by atoms with Gasteiger partial charge in [-0.15, -0.1) is 11.3 Å². The number of amides is 2. The molecule has 1 fully saturated rings. The van der Waals surface area contributed by atoms with Gasteiger partial charge in [-0.2, -0.15) is 0 Å². The van der Waals surface area contributed by atoms with Crippen LogP contribution in [0.3, 0.4) is 0 Å². The molecule has 1 aromatic heterocycles. The molecule has 0 bridgehead atoms. The minimum atomic E-state index is -0.450. The predicted octanol–water partition coefficient (Wildman–Crippen LogP) is 3.69. The molecule has 0 atom stereocenters. The Morgan fingerprint density at radius 2 is 1.88 bits per heavy atom. The van der Waals surface area contributed by atoms with Crippen LogP contribution in [0.25, 0.3) is 11.3 Å². The first-order chi connectivity index (χ1) is 16.5. The molecule has 1 saturated heterocycles. The molecule has 1 aliphatic rings. The Morgan fingerprint density at radius 3 is 2.62 bits per heavy atom. The number of non-ortho nitro benzene ring substituents is 1. The van der Waals surface area contributed by atoms with Crippen LogP contribution in [0.2, 0.25) is 0 Å². The van der Waals surface area contributed by atoms with Crippen molar-refractivity contribution >= 4 is 34.0 Å². The van der Waals surface area contributed by atoms with Gasteiger partial charge in [-0.25, -0.2) is 4.98 Å². The summed E-state index contributed by atoms with van der Waals surface area (Å²) < 4.78 is 0. The lowest BCUT2D eigenvalue weighted by atomic mass is 9.96. The van der Waals surface area contributed by atoms with Gasteiger partial charge < -0.3 is 10.6 Å². The summed E-state index contributed by atoms with van der Waals surface area (Å²) in [5.74, 6) is -0.157. The number of rotatable bonds is 8. The van der Waals surface area contributed by atoms with Crippen molar-refractivity contribution in [1.29, 1.82) is 0 Å². The Balaban J connectivity index is 1.22. The van der Waals surface area contributed by atoms with E-state index < -0.39 is 4.92 Å². The standard InChI is InChI=1S/C24H25N5O4S/c30-22(27-24-26-21(16-34-24)19-7-4-8-20(13-19)29(32)33)15-28-11-9-18(10-12-28)23(31)25-14-17-5-2-1-3-6-17/h1-8,13,16,18H,9-12,14-15H2,(H,25,31)(H,26,27,30). The van der Waals surface area contributed by atoms with E-state index in [9.17, 15) is 19.7 Å². The minimum absolute atomic E-state index is 0.00626. The van der Waals surface area contributed by atoms with E-state index in [4.69, 9.17) is 0 Å². The van der Waals surface area contributed by atoms with Gasteiger partial charge in [0.1, 0.15) is 0 Å². The van der Waals surface area contributed by atoms with Crippen molar-refractivity contribution in [3.63, 3.8) is 0 Å². The fourth-order valence-corrected chi connectivity index (χ4v) is 4.62. The Morgan fingerprint density at radius 1 is 1.12 bits per heavy atom. The summed E-state index contributed by atoms with van der Waals surface area (Å²) in [5, 5.41) is 19.0. The second-order valence-electron chi connectivity index (χ2n) is 8.15. The summed E-state index contributed by atoms with van der Waals surface area (Å²) in [4.78, 5) is 41.9. The lowest BCUT2D eigenvalue weighted by Gasteiger charge is -2.30. The molecule has 0 radical (unpaired) electrons. The zero-order valence-electron chi connectivity index (χ0n) is 18.5. The fraction of sp³-hybridized carbons (Fsp3) is 0.292. The maximum atomic E-state index is 12.5. The molecule has 9 nitrogen and oxygen atoms in total. The van der Waals surface area contributed by atoms with Gasteiger partial charge in [-0.1, -0.05) is 42.5 Å². The van der Waals surface area contributed by atoms with Crippen LogP contribution in [0.1, 0.15) is 18.4 Å². The molecule has 10 heteroatoms. The zero-order valence-corrected chi connectivity index (χ0v) is 19.3. The molecular weight excluding hydrogens is 454 g/mol. The number of nitrogens with one attached hydrogen (secondary N) is 2. The molecule has 3 aromatic rings. The summed E-state index contributed by atoms with van der Waals surface area (Å²) in [6.07, 6.45) is 1.42. The van der Waals surface area contributed by atoms with Crippen molar-refractivity contribution in [2.45, 2.75) is 19.4 Å². The number of piperidine rings is 1. The number of hydrogen-bond acceptors (Lipinski definition) is 7. The third kappa shape index (κ3) is 6.24. The van der Waals surface area contributed by atoms with E-state index in [1.807, 2.05) is 35.2 Å². The SMILES string of the molecule is O=C(CN1CCC(C(=O)NCc2ccccc2)CC1)Nc1nc(-c2cccc([N+](=O)[O-])c2)cs1. The number of hydrogen-bond donors (Lipinski definition) is 2. The monoisotopic (exact) mass is 479 g/mol. The molecule has 0 saturated carbocycles. The molecule has 0 spiro atoms.